The summed E-state index contributed by atoms with van der Waals surface area (Å²) in [5, 5.41) is 30.6. The van der Waals surface area contributed by atoms with E-state index in [1.807, 2.05) is 23.9 Å². The Balaban J connectivity index is 1.55. The summed E-state index contributed by atoms with van der Waals surface area (Å²) in [5.41, 5.74) is 1.85. The first-order chi connectivity index (χ1) is 14.5. The van der Waals surface area contributed by atoms with Crippen molar-refractivity contribution >= 4 is 29.0 Å². The Hall–Kier alpha value is -2.22. The van der Waals surface area contributed by atoms with Gasteiger partial charge < -0.3 is 15.5 Å². The van der Waals surface area contributed by atoms with E-state index in [0.29, 0.717) is 11.3 Å². The van der Waals surface area contributed by atoms with Crippen LogP contribution < -0.4 is 5.32 Å². The lowest BCUT2D eigenvalue weighted by Crippen LogP contribution is -2.44. The van der Waals surface area contributed by atoms with Crippen LogP contribution in [-0.4, -0.2) is 40.1 Å². The molecule has 0 bridgehead atoms. The number of aliphatic hydroxyl groups excluding tert-OH is 2. The van der Waals surface area contributed by atoms with Gasteiger partial charge >= 0.3 is 0 Å². The number of aliphatic hydroxyl groups is 2. The monoisotopic (exact) mass is 427 g/mol. The average Bonchev–Trinajstić information content (AvgIpc) is 2.77. The van der Waals surface area contributed by atoms with E-state index < -0.39 is 12.1 Å². The largest absolute Gasteiger partial charge is 0.394 e. The van der Waals surface area contributed by atoms with Crippen LogP contribution in [0.15, 0.2) is 63.7 Å². The molecule has 2 aromatic rings. The molecule has 30 heavy (non-hydrogen) atoms. The second-order valence-electron chi connectivity index (χ2n) is 7.62. The van der Waals surface area contributed by atoms with Crippen molar-refractivity contribution in [2.45, 2.75) is 61.3 Å². The highest BCUT2D eigenvalue weighted by Gasteiger charge is 2.17. The van der Waals surface area contributed by atoms with Gasteiger partial charge in [-0.3, -0.25) is 4.79 Å². The van der Waals surface area contributed by atoms with E-state index >= 15 is 0 Å². The topological polar surface area (TPSA) is 94.3 Å². The van der Waals surface area contributed by atoms with Crippen molar-refractivity contribution in [3.63, 3.8) is 0 Å². The van der Waals surface area contributed by atoms with Gasteiger partial charge in [-0.1, -0.05) is 19.3 Å². The van der Waals surface area contributed by atoms with E-state index in [0.717, 1.165) is 10.9 Å². The molecular weight excluding hydrogens is 398 g/mol. The van der Waals surface area contributed by atoms with Crippen molar-refractivity contribution in [1.82, 2.24) is 5.32 Å². The van der Waals surface area contributed by atoms with E-state index in [1.54, 1.807) is 24.3 Å². The Bertz CT molecular complexity index is 832. The minimum absolute atomic E-state index is 0.326. The maximum Gasteiger partial charge on any atom is 0.251 e. The van der Waals surface area contributed by atoms with Crippen LogP contribution in [0.1, 0.15) is 49.4 Å². The zero-order chi connectivity index (χ0) is 21.3. The fourth-order valence-electron chi connectivity index (χ4n) is 3.33. The first-order valence-corrected chi connectivity index (χ1v) is 11.3. The maximum absolute atomic E-state index is 12.2. The van der Waals surface area contributed by atoms with E-state index in [4.69, 9.17) is 0 Å². The maximum atomic E-state index is 12.2. The molecule has 2 aromatic carbocycles. The molecule has 0 spiro atoms. The molecule has 1 saturated carbocycles. The Kier molecular flexibility index (Phi) is 8.42. The average molecular weight is 428 g/mol. The molecule has 0 aliphatic heterocycles. The van der Waals surface area contributed by atoms with Crippen molar-refractivity contribution < 1.29 is 15.0 Å². The summed E-state index contributed by atoms with van der Waals surface area (Å²) in [5.74, 6) is -0.357. The molecule has 2 atom stereocenters. The normalized spacial score (nSPS) is 17.0. The molecule has 1 aliphatic carbocycles. The van der Waals surface area contributed by atoms with E-state index in [9.17, 15) is 15.0 Å². The van der Waals surface area contributed by atoms with Gasteiger partial charge in [0, 0.05) is 15.7 Å². The molecule has 0 saturated heterocycles. The number of carbonyl (C=O) groups is 1. The second kappa shape index (κ2) is 11.2. The van der Waals surface area contributed by atoms with Crippen molar-refractivity contribution in [2.75, 3.05) is 6.61 Å². The predicted molar refractivity (Wildman–Crippen MR) is 120 cm³/mol. The molecule has 7 heteroatoms. The fourth-order valence-corrected chi connectivity index (χ4v) is 4.58. The van der Waals surface area contributed by atoms with Crippen LogP contribution >= 0.6 is 11.8 Å². The molecule has 0 heterocycles. The highest BCUT2D eigenvalue weighted by Crippen LogP contribution is 2.34. The fraction of sp³-hybridized carbons (Fsp3) is 0.435. The van der Waals surface area contributed by atoms with E-state index in [-0.39, 0.29) is 12.5 Å². The number of hydrogen-bond acceptors (Lipinski definition) is 6. The molecule has 0 aromatic heterocycles. The van der Waals surface area contributed by atoms with Crippen molar-refractivity contribution in [2.24, 2.45) is 10.2 Å². The highest BCUT2D eigenvalue weighted by molar-refractivity contribution is 8.00. The standard InChI is InChI=1S/C23H29N3O3S/c1-16(28)22(15-27)24-23(29)17-7-9-18(10-8-17)25-26-19-11-13-21(14-12-19)30-20-5-3-2-4-6-20/h7-14,16,20,22,27-28H,2-6,15H2,1H3,(H,24,29)/t16-,22-/m1/s1. The van der Waals surface area contributed by atoms with Gasteiger partial charge in [0.1, 0.15) is 0 Å². The SMILES string of the molecule is C[C@@H](O)[C@@H](CO)NC(=O)c1ccc(N=Nc2ccc(SC3CCCCC3)cc2)cc1. The molecule has 1 amide bonds. The summed E-state index contributed by atoms with van der Waals surface area (Å²) in [6, 6.07) is 14.2. The quantitative estimate of drug-likeness (QED) is 0.517. The zero-order valence-electron chi connectivity index (χ0n) is 17.2. The van der Waals surface area contributed by atoms with Crippen molar-refractivity contribution in [1.29, 1.82) is 0 Å². The third kappa shape index (κ3) is 6.65. The first kappa shape index (κ1) is 22.5. The molecule has 0 unspecified atom stereocenters. The van der Waals surface area contributed by atoms with Gasteiger partial charge in [-0.2, -0.15) is 10.2 Å². The molecule has 1 aliphatic rings. The van der Waals surface area contributed by atoms with Crippen LogP contribution in [-0.2, 0) is 0 Å². The van der Waals surface area contributed by atoms with Gasteiger partial charge in [0.25, 0.3) is 5.91 Å². The number of rotatable bonds is 8. The third-order valence-electron chi connectivity index (χ3n) is 5.20. The minimum Gasteiger partial charge on any atom is -0.394 e. The summed E-state index contributed by atoms with van der Waals surface area (Å²) < 4.78 is 0. The number of carbonyl (C=O) groups excluding carboxylic acids is 1. The molecule has 1 fully saturated rings. The molecule has 3 N–H and O–H groups in total. The lowest BCUT2D eigenvalue weighted by Gasteiger charge is -2.20. The van der Waals surface area contributed by atoms with Gasteiger partial charge in [-0.15, -0.1) is 11.8 Å². The van der Waals surface area contributed by atoms with Gasteiger partial charge in [-0.25, -0.2) is 0 Å². The molecule has 0 radical (unpaired) electrons. The number of azo groups is 1. The van der Waals surface area contributed by atoms with Gasteiger partial charge in [0.2, 0.25) is 0 Å². The number of nitrogens with one attached hydrogen (secondary N) is 1. The number of benzene rings is 2. The summed E-state index contributed by atoms with van der Waals surface area (Å²) >= 11 is 1.96. The summed E-state index contributed by atoms with van der Waals surface area (Å²) in [6.07, 6.45) is 5.83. The Morgan fingerprint density at radius 2 is 1.60 bits per heavy atom. The van der Waals surface area contributed by atoms with Crippen molar-refractivity contribution in [3.8, 4) is 0 Å². The van der Waals surface area contributed by atoms with Crippen LogP contribution in [0, 0.1) is 0 Å². The molecular formula is C23H29N3O3S. The molecule has 160 valence electrons. The number of nitrogens with zero attached hydrogens (tertiary/aromatic N) is 2. The summed E-state index contributed by atoms with van der Waals surface area (Å²) in [4.78, 5) is 13.5. The minimum atomic E-state index is -0.834. The lowest BCUT2D eigenvalue weighted by atomic mass is 10.0. The Morgan fingerprint density at radius 1 is 1.03 bits per heavy atom. The Labute approximate surface area is 181 Å². The number of hydrogen-bond donors (Lipinski definition) is 3. The predicted octanol–water partition coefficient (Wildman–Crippen LogP) is 5.00. The van der Waals surface area contributed by atoms with Gasteiger partial charge in [-0.05, 0) is 68.3 Å². The lowest BCUT2D eigenvalue weighted by molar-refractivity contribution is 0.0758. The number of thioether (sulfide) groups is 1. The van der Waals surface area contributed by atoms with Crippen LogP contribution in [0.2, 0.25) is 0 Å². The smallest absolute Gasteiger partial charge is 0.251 e. The van der Waals surface area contributed by atoms with E-state index in [1.165, 1.54) is 43.9 Å². The molecule has 6 nitrogen and oxygen atoms in total. The highest BCUT2D eigenvalue weighted by atomic mass is 32.2. The van der Waals surface area contributed by atoms with Crippen LogP contribution in [0.5, 0.6) is 0 Å². The van der Waals surface area contributed by atoms with Crippen LogP contribution in [0.25, 0.3) is 0 Å². The first-order valence-electron chi connectivity index (χ1n) is 10.4. The zero-order valence-corrected chi connectivity index (χ0v) is 18.0. The summed E-state index contributed by atoms with van der Waals surface area (Å²) in [6.45, 7) is 1.19. The molecule has 3 rings (SSSR count). The van der Waals surface area contributed by atoms with Gasteiger partial charge in [0.15, 0.2) is 0 Å². The third-order valence-corrected chi connectivity index (χ3v) is 6.55. The van der Waals surface area contributed by atoms with Crippen molar-refractivity contribution in [3.05, 3.63) is 54.1 Å². The second-order valence-corrected chi connectivity index (χ2v) is 9.00. The Morgan fingerprint density at radius 3 is 2.13 bits per heavy atom. The summed E-state index contributed by atoms with van der Waals surface area (Å²) in [7, 11) is 0. The number of amides is 1. The van der Waals surface area contributed by atoms with Gasteiger partial charge in [0.05, 0.1) is 30.1 Å². The van der Waals surface area contributed by atoms with E-state index in [2.05, 4.69) is 27.7 Å². The van der Waals surface area contributed by atoms with Crippen LogP contribution in [0.3, 0.4) is 0 Å². The van der Waals surface area contributed by atoms with Crippen LogP contribution in [0.4, 0.5) is 11.4 Å².